The van der Waals surface area contributed by atoms with Crippen LogP contribution in [-0.4, -0.2) is 18.1 Å². The number of hydrogen-bond acceptors (Lipinski definition) is 3. The van der Waals surface area contributed by atoms with Gasteiger partial charge in [0.15, 0.2) is 0 Å². The third-order valence-electron chi connectivity index (χ3n) is 3.55. The Kier molecular flexibility index (Phi) is 3.38. The standard InChI is InChI=1S/C12H18BrN3/c1-8-3-4-16(7-9(8)2)12-10(13)5-15-6-11(12)14/h5-6,8-9H,3-4,7,14H2,1-2H3. The van der Waals surface area contributed by atoms with E-state index in [1.165, 1.54) is 6.42 Å². The minimum atomic E-state index is 0.716. The van der Waals surface area contributed by atoms with Gasteiger partial charge in [-0.2, -0.15) is 0 Å². The zero-order valence-corrected chi connectivity index (χ0v) is 11.4. The third kappa shape index (κ3) is 2.17. The van der Waals surface area contributed by atoms with Gasteiger partial charge in [-0.3, -0.25) is 4.98 Å². The predicted octanol–water partition coefficient (Wildman–Crippen LogP) is 2.91. The number of nitrogens with two attached hydrogens (primary N) is 1. The van der Waals surface area contributed by atoms with E-state index in [1.807, 2.05) is 6.20 Å². The Morgan fingerprint density at radius 3 is 2.75 bits per heavy atom. The maximum atomic E-state index is 6.00. The predicted molar refractivity (Wildman–Crippen MR) is 71.5 cm³/mol. The largest absolute Gasteiger partial charge is 0.396 e. The summed E-state index contributed by atoms with van der Waals surface area (Å²) in [7, 11) is 0. The van der Waals surface area contributed by atoms with Crippen LogP contribution < -0.4 is 10.6 Å². The van der Waals surface area contributed by atoms with Crippen LogP contribution in [0.3, 0.4) is 0 Å². The molecule has 1 aliphatic rings. The van der Waals surface area contributed by atoms with Gasteiger partial charge in [0.25, 0.3) is 0 Å². The van der Waals surface area contributed by atoms with Crippen molar-refractivity contribution in [3.05, 3.63) is 16.9 Å². The molecule has 1 aliphatic heterocycles. The molecule has 0 amide bonds. The lowest BCUT2D eigenvalue weighted by molar-refractivity contribution is 0.324. The van der Waals surface area contributed by atoms with E-state index in [9.17, 15) is 0 Å². The first-order chi connectivity index (χ1) is 7.59. The molecule has 4 heteroatoms. The molecule has 0 saturated carbocycles. The Morgan fingerprint density at radius 2 is 2.12 bits per heavy atom. The summed E-state index contributed by atoms with van der Waals surface area (Å²) in [6.45, 7) is 6.79. The van der Waals surface area contributed by atoms with E-state index in [0.29, 0.717) is 5.92 Å². The van der Waals surface area contributed by atoms with Crippen molar-refractivity contribution in [2.24, 2.45) is 11.8 Å². The molecule has 2 rings (SSSR count). The summed E-state index contributed by atoms with van der Waals surface area (Å²) in [5, 5.41) is 0. The second kappa shape index (κ2) is 4.62. The normalized spacial score (nSPS) is 25.8. The number of anilines is 2. The van der Waals surface area contributed by atoms with Crippen molar-refractivity contribution in [1.82, 2.24) is 4.98 Å². The van der Waals surface area contributed by atoms with Gasteiger partial charge in [0.1, 0.15) is 0 Å². The minimum absolute atomic E-state index is 0.716. The summed E-state index contributed by atoms with van der Waals surface area (Å²) >= 11 is 3.53. The zero-order chi connectivity index (χ0) is 11.7. The van der Waals surface area contributed by atoms with Crippen molar-refractivity contribution < 1.29 is 0 Å². The lowest BCUT2D eigenvalue weighted by atomic mass is 9.88. The summed E-state index contributed by atoms with van der Waals surface area (Å²) in [6.07, 6.45) is 4.77. The number of halogens is 1. The van der Waals surface area contributed by atoms with E-state index in [-0.39, 0.29) is 0 Å². The molecule has 16 heavy (non-hydrogen) atoms. The molecular weight excluding hydrogens is 266 g/mol. The summed E-state index contributed by atoms with van der Waals surface area (Å²) in [5.74, 6) is 1.52. The number of nitrogen functional groups attached to an aromatic ring is 1. The van der Waals surface area contributed by atoms with E-state index >= 15 is 0 Å². The summed E-state index contributed by atoms with van der Waals surface area (Å²) in [6, 6.07) is 0. The highest BCUT2D eigenvalue weighted by atomic mass is 79.9. The highest BCUT2D eigenvalue weighted by Crippen LogP contribution is 2.35. The first-order valence-corrected chi connectivity index (χ1v) is 6.52. The minimum Gasteiger partial charge on any atom is -0.396 e. The van der Waals surface area contributed by atoms with Gasteiger partial charge in [0, 0.05) is 19.3 Å². The van der Waals surface area contributed by atoms with Gasteiger partial charge in [-0.05, 0) is 34.2 Å². The molecule has 1 saturated heterocycles. The van der Waals surface area contributed by atoms with E-state index < -0.39 is 0 Å². The van der Waals surface area contributed by atoms with E-state index in [4.69, 9.17) is 5.73 Å². The van der Waals surface area contributed by atoms with Crippen LogP contribution in [0.1, 0.15) is 20.3 Å². The summed E-state index contributed by atoms with van der Waals surface area (Å²) in [5.41, 5.74) is 7.86. The SMILES string of the molecule is CC1CCN(c2c(N)cncc2Br)CC1C. The number of hydrogen-bond donors (Lipinski definition) is 1. The molecule has 2 N–H and O–H groups in total. The average Bonchev–Trinajstić information content (AvgIpc) is 2.23. The first-order valence-electron chi connectivity index (χ1n) is 5.73. The number of pyridine rings is 1. The molecule has 0 radical (unpaired) electrons. The highest BCUT2D eigenvalue weighted by Gasteiger charge is 2.25. The fourth-order valence-electron chi connectivity index (χ4n) is 2.24. The first kappa shape index (κ1) is 11.7. The van der Waals surface area contributed by atoms with Crippen LogP contribution in [0.2, 0.25) is 0 Å². The van der Waals surface area contributed by atoms with Gasteiger partial charge in [0.05, 0.1) is 22.0 Å². The quantitative estimate of drug-likeness (QED) is 0.862. The Morgan fingerprint density at radius 1 is 1.38 bits per heavy atom. The molecule has 2 unspecified atom stereocenters. The number of rotatable bonds is 1. The van der Waals surface area contributed by atoms with Gasteiger partial charge >= 0.3 is 0 Å². The lowest BCUT2D eigenvalue weighted by Gasteiger charge is -2.37. The average molecular weight is 284 g/mol. The molecule has 0 aromatic carbocycles. The van der Waals surface area contributed by atoms with Crippen molar-refractivity contribution >= 4 is 27.3 Å². The number of aromatic nitrogens is 1. The Balaban J connectivity index is 2.25. The van der Waals surface area contributed by atoms with Gasteiger partial charge in [-0.15, -0.1) is 0 Å². The van der Waals surface area contributed by atoms with Crippen molar-refractivity contribution in [3.8, 4) is 0 Å². The van der Waals surface area contributed by atoms with Gasteiger partial charge in [0.2, 0.25) is 0 Å². The summed E-state index contributed by atoms with van der Waals surface area (Å²) in [4.78, 5) is 6.44. The third-order valence-corrected chi connectivity index (χ3v) is 4.13. The van der Waals surface area contributed by atoms with Crippen molar-refractivity contribution in [1.29, 1.82) is 0 Å². The molecule has 3 nitrogen and oxygen atoms in total. The highest BCUT2D eigenvalue weighted by molar-refractivity contribution is 9.10. The zero-order valence-electron chi connectivity index (χ0n) is 9.78. The summed E-state index contributed by atoms with van der Waals surface area (Å²) < 4.78 is 0.995. The maximum Gasteiger partial charge on any atom is 0.0776 e. The van der Waals surface area contributed by atoms with Crippen LogP contribution in [0.25, 0.3) is 0 Å². The smallest absolute Gasteiger partial charge is 0.0776 e. The molecule has 0 bridgehead atoms. The van der Waals surface area contributed by atoms with Crippen molar-refractivity contribution in [2.75, 3.05) is 23.7 Å². The fraction of sp³-hybridized carbons (Fsp3) is 0.583. The van der Waals surface area contributed by atoms with Crippen molar-refractivity contribution in [2.45, 2.75) is 20.3 Å². The van der Waals surface area contributed by atoms with Crippen LogP contribution in [-0.2, 0) is 0 Å². The molecule has 1 fully saturated rings. The molecule has 2 atom stereocenters. The lowest BCUT2D eigenvalue weighted by Crippen LogP contribution is -2.39. The molecule has 1 aromatic heterocycles. The van der Waals surface area contributed by atoms with E-state index in [1.54, 1.807) is 6.20 Å². The van der Waals surface area contributed by atoms with Crippen LogP contribution in [0.4, 0.5) is 11.4 Å². The van der Waals surface area contributed by atoms with Crippen molar-refractivity contribution in [3.63, 3.8) is 0 Å². The van der Waals surface area contributed by atoms with Crippen LogP contribution in [0, 0.1) is 11.8 Å². The van der Waals surface area contributed by atoms with E-state index in [0.717, 1.165) is 34.9 Å². The Hall–Kier alpha value is -0.770. The number of piperidine rings is 1. The van der Waals surface area contributed by atoms with Crippen LogP contribution >= 0.6 is 15.9 Å². The monoisotopic (exact) mass is 283 g/mol. The van der Waals surface area contributed by atoms with Crippen LogP contribution in [0.15, 0.2) is 16.9 Å². The molecule has 88 valence electrons. The second-order valence-electron chi connectivity index (χ2n) is 4.75. The molecular formula is C12H18BrN3. The maximum absolute atomic E-state index is 6.00. The topological polar surface area (TPSA) is 42.1 Å². The molecule has 0 aliphatic carbocycles. The molecule has 1 aromatic rings. The number of nitrogens with zero attached hydrogens (tertiary/aromatic N) is 2. The van der Waals surface area contributed by atoms with Gasteiger partial charge in [-0.25, -0.2) is 0 Å². The molecule has 2 heterocycles. The van der Waals surface area contributed by atoms with Gasteiger partial charge < -0.3 is 10.6 Å². The Bertz CT molecular complexity index is 360. The van der Waals surface area contributed by atoms with Crippen LogP contribution in [0.5, 0.6) is 0 Å². The molecule has 0 spiro atoms. The Labute approximate surface area is 105 Å². The van der Waals surface area contributed by atoms with Gasteiger partial charge in [-0.1, -0.05) is 13.8 Å². The van der Waals surface area contributed by atoms with E-state index in [2.05, 4.69) is 39.7 Å². The second-order valence-corrected chi connectivity index (χ2v) is 5.60. The fourth-order valence-corrected chi connectivity index (χ4v) is 2.84.